The number of carbonyl (C=O) groups excluding carboxylic acids is 1. The molecule has 0 fully saturated rings. The minimum Gasteiger partial charge on any atom is -0.395 e. The molecule has 0 aliphatic rings. The van der Waals surface area contributed by atoms with Gasteiger partial charge < -0.3 is 11.1 Å². The molecule has 5 heteroatoms. The highest BCUT2D eigenvalue weighted by atomic mass is 16.1. The van der Waals surface area contributed by atoms with E-state index in [0.29, 0.717) is 12.2 Å². The van der Waals surface area contributed by atoms with E-state index in [0.717, 1.165) is 11.3 Å². The number of nitrogen functional groups attached to an aromatic ring is 1. The van der Waals surface area contributed by atoms with Crippen LogP contribution in [-0.2, 0) is 0 Å². The molecule has 0 unspecified atom stereocenters. The van der Waals surface area contributed by atoms with Gasteiger partial charge in [0.1, 0.15) is 0 Å². The van der Waals surface area contributed by atoms with Crippen molar-refractivity contribution in [2.45, 2.75) is 26.7 Å². The van der Waals surface area contributed by atoms with Crippen LogP contribution >= 0.6 is 0 Å². The number of carbonyl (C=O) groups is 1. The van der Waals surface area contributed by atoms with Gasteiger partial charge in [-0.15, -0.1) is 0 Å². The molecule has 1 rings (SSSR count). The largest absolute Gasteiger partial charge is 0.395 e. The third-order valence-corrected chi connectivity index (χ3v) is 2.18. The third-order valence-electron chi connectivity index (χ3n) is 2.18. The highest BCUT2D eigenvalue weighted by molar-refractivity contribution is 5.97. The Morgan fingerprint density at radius 2 is 2.25 bits per heavy atom. The van der Waals surface area contributed by atoms with E-state index >= 15 is 0 Å². The topological polar surface area (TPSA) is 83.8 Å². The number of rotatable bonds is 4. The molecule has 0 saturated heterocycles. The molecule has 1 aromatic rings. The number of nitrogens with one attached hydrogen (secondary N) is 2. The highest BCUT2D eigenvalue weighted by Crippen LogP contribution is 2.21. The van der Waals surface area contributed by atoms with E-state index in [2.05, 4.69) is 22.1 Å². The van der Waals surface area contributed by atoms with Crippen LogP contribution in [0, 0.1) is 0 Å². The minimum absolute atomic E-state index is 0.218. The number of amides is 1. The number of nitrogens with zero attached hydrogens (tertiary/aromatic N) is 1. The van der Waals surface area contributed by atoms with Crippen LogP contribution in [-0.4, -0.2) is 22.6 Å². The molecule has 0 atom stereocenters. The lowest BCUT2D eigenvalue weighted by molar-refractivity contribution is 0.0953. The SMILES string of the molecule is C=C(C)CNC(=O)c1n[nH]c(C(C)C)c1N. The van der Waals surface area contributed by atoms with Crippen molar-refractivity contribution in [2.75, 3.05) is 12.3 Å². The molecule has 4 N–H and O–H groups in total. The molecule has 1 amide bonds. The lowest BCUT2D eigenvalue weighted by Gasteiger charge is -2.04. The summed E-state index contributed by atoms with van der Waals surface area (Å²) < 4.78 is 0. The fourth-order valence-electron chi connectivity index (χ4n) is 1.29. The Hall–Kier alpha value is -1.78. The Labute approximate surface area is 95.1 Å². The van der Waals surface area contributed by atoms with Gasteiger partial charge in [0.15, 0.2) is 5.69 Å². The van der Waals surface area contributed by atoms with E-state index in [9.17, 15) is 4.79 Å². The van der Waals surface area contributed by atoms with Crippen molar-refractivity contribution in [3.05, 3.63) is 23.5 Å². The van der Waals surface area contributed by atoms with Crippen LogP contribution in [0.5, 0.6) is 0 Å². The Balaban J connectivity index is 2.80. The molecule has 1 heterocycles. The molecule has 0 bridgehead atoms. The Kier molecular flexibility index (Phi) is 3.71. The first-order valence-corrected chi connectivity index (χ1v) is 5.19. The molecule has 88 valence electrons. The minimum atomic E-state index is -0.274. The van der Waals surface area contributed by atoms with E-state index in [4.69, 9.17) is 5.73 Å². The van der Waals surface area contributed by atoms with Crippen molar-refractivity contribution in [1.29, 1.82) is 0 Å². The van der Waals surface area contributed by atoms with E-state index in [1.165, 1.54) is 0 Å². The average molecular weight is 222 g/mol. The number of hydrogen-bond acceptors (Lipinski definition) is 3. The van der Waals surface area contributed by atoms with Crippen LogP contribution in [0.4, 0.5) is 5.69 Å². The predicted molar refractivity (Wildman–Crippen MR) is 64.2 cm³/mol. The van der Waals surface area contributed by atoms with Gasteiger partial charge in [-0.2, -0.15) is 5.10 Å². The zero-order chi connectivity index (χ0) is 12.3. The molecule has 0 aliphatic carbocycles. The molecular weight excluding hydrogens is 204 g/mol. The lowest BCUT2D eigenvalue weighted by Crippen LogP contribution is -2.26. The zero-order valence-corrected chi connectivity index (χ0v) is 9.92. The van der Waals surface area contributed by atoms with Gasteiger partial charge in [-0.05, 0) is 12.8 Å². The molecule has 5 nitrogen and oxygen atoms in total. The average Bonchev–Trinajstić information content (AvgIpc) is 2.56. The maximum atomic E-state index is 11.7. The smallest absolute Gasteiger partial charge is 0.274 e. The van der Waals surface area contributed by atoms with Gasteiger partial charge in [0.25, 0.3) is 5.91 Å². The fraction of sp³-hybridized carbons (Fsp3) is 0.455. The molecule has 0 aromatic carbocycles. The summed E-state index contributed by atoms with van der Waals surface area (Å²) in [4.78, 5) is 11.7. The van der Waals surface area contributed by atoms with Crippen molar-refractivity contribution in [1.82, 2.24) is 15.5 Å². The summed E-state index contributed by atoms with van der Waals surface area (Å²) in [6, 6.07) is 0. The summed E-state index contributed by atoms with van der Waals surface area (Å²) >= 11 is 0. The number of aromatic amines is 1. The summed E-state index contributed by atoms with van der Waals surface area (Å²) in [6.07, 6.45) is 0. The molecule has 1 aromatic heterocycles. The molecule has 0 saturated carbocycles. The second-order valence-electron chi connectivity index (χ2n) is 4.19. The maximum absolute atomic E-state index is 11.7. The highest BCUT2D eigenvalue weighted by Gasteiger charge is 2.18. The monoisotopic (exact) mass is 222 g/mol. The molecule has 0 spiro atoms. The zero-order valence-electron chi connectivity index (χ0n) is 9.92. The Morgan fingerprint density at radius 1 is 1.62 bits per heavy atom. The summed E-state index contributed by atoms with van der Waals surface area (Å²) in [5.41, 5.74) is 8.19. The summed E-state index contributed by atoms with van der Waals surface area (Å²) in [7, 11) is 0. The molecule has 16 heavy (non-hydrogen) atoms. The molecule has 0 aliphatic heterocycles. The summed E-state index contributed by atoms with van der Waals surface area (Å²) in [5, 5.41) is 9.40. The van der Waals surface area contributed by atoms with Gasteiger partial charge in [0.2, 0.25) is 0 Å². The van der Waals surface area contributed by atoms with Crippen LogP contribution < -0.4 is 11.1 Å². The first-order valence-electron chi connectivity index (χ1n) is 5.19. The van der Waals surface area contributed by atoms with E-state index in [-0.39, 0.29) is 17.5 Å². The fourth-order valence-corrected chi connectivity index (χ4v) is 1.29. The normalized spacial score (nSPS) is 10.5. The van der Waals surface area contributed by atoms with Crippen molar-refractivity contribution < 1.29 is 4.79 Å². The quantitative estimate of drug-likeness (QED) is 0.674. The van der Waals surface area contributed by atoms with Crippen LogP contribution in [0.25, 0.3) is 0 Å². The van der Waals surface area contributed by atoms with E-state index in [1.807, 2.05) is 20.8 Å². The van der Waals surface area contributed by atoms with Gasteiger partial charge in [0.05, 0.1) is 11.4 Å². The molecule has 0 radical (unpaired) electrons. The first-order chi connectivity index (χ1) is 7.43. The second-order valence-corrected chi connectivity index (χ2v) is 4.19. The van der Waals surface area contributed by atoms with E-state index < -0.39 is 0 Å². The number of anilines is 1. The Bertz CT molecular complexity index is 406. The van der Waals surface area contributed by atoms with Crippen molar-refractivity contribution >= 4 is 11.6 Å². The van der Waals surface area contributed by atoms with Gasteiger partial charge in [-0.25, -0.2) is 0 Å². The summed E-state index contributed by atoms with van der Waals surface area (Å²) in [5.74, 6) is -0.0566. The van der Waals surface area contributed by atoms with Crippen molar-refractivity contribution in [3.63, 3.8) is 0 Å². The number of H-pyrrole nitrogens is 1. The standard InChI is InChI=1S/C11H18N4O/c1-6(2)5-13-11(16)10-8(12)9(7(3)4)14-15-10/h7H,1,5,12H2,2-4H3,(H,13,16)(H,14,15). The molecular formula is C11H18N4O. The van der Waals surface area contributed by atoms with Gasteiger partial charge in [-0.1, -0.05) is 26.0 Å². The maximum Gasteiger partial charge on any atom is 0.274 e. The van der Waals surface area contributed by atoms with Gasteiger partial charge in [0, 0.05) is 6.54 Å². The summed E-state index contributed by atoms with van der Waals surface area (Å²) in [6.45, 7) is 9.95. The van der Waals surface area contributed by atoms with Gasteiger partial charge in [-0.3, -0.25) is 9.89 Å². The Morgan fingerprint density at radius 3 is 2.69 bits per heavy atom. The van der Waals surface area contributed by atoms with Crippen LogP contribution in [0.15, 0.2) is 12.2 Å². The number of aromatic nitrogens is 2. The second kappa shape index (κ2) is 4.83. The first kappa shape index (κ1) is 12.3. The predicted octanol–water partition coefficient (Wildman–Crippen LogP) is 1.42. The van der Waals surface area contributed by atoms with Crippen LogP contribution in [0.3, 0.4) is 0 Å². The third kappa shape index (κ3) is 2.62. The van der Waals surface area contributed by atoms with E-state index in [1.54, 1.807) is 0 Å². The van der Waals surface area contributed by atoms with Gasteiger partial charge >= 0.3 is 0 Å². The van der Waals surface area contributed by atoms with Crippen molar-refractivity contribution in [3.8, 4) is 0 Å². The van der Waals surface area contributed by atoms with Crippen LogP contribution in [0.1, 0.15) is 42.9 Å². The lowest BCUT2D eigenvalue weighted by atomic mass is 10.1. The van der Waals surface area contributed by atoms with Crippen molar-refractivity contribution in [2.24, 2.45) is 0 Å². The number of hydrogen-bond donors (Lipinski definition) is 3. The van der Waals surface area contributed by atoms with Crippen LogP contribution in [0.2, 0.25) is 0 Å². The number of nitrogens with two attached hydrogens (primary N) is 1.